The standard InChI is InChI=1S/C27H27ClFNO4/c1-3-33-12-13-34-27(32)24-16(2)30-22-14-18(17-8-10-19(28)11-9-17)15-23(31)26(22)25(24)20-6-4-5-7-21(20)29/h4-11,18,25,30H,3,12-15H2,1-2H3/t18-,25-/m1/s1. The van der Waals surface area contributed by atoms with Crippen LogP contribution in [-0.2, 0) is 19.1 Å². The fraction of sp³-hybridized carbons (Fsp3) is 0.333. The number of halogens is 2. The first-order valence-electron chi connectivity index (χ1n) is 11.4. The summed E-state index contributed by atoms with van der Waals surface area (Å²) in [7, 11) is 0. The van der Waals surface area contributed by atoms with Crippen LogP contribution in [0.15, 0.2) is 71.1 Å². The highest BCUT2D eigenvalue weighted by atomic mass is 35.5. The van der Waals surface area contributed by atoms with Gasteiger partial charge in [0.2, 0.25) is 0 Å². The molecule has 0 saturated carbocycles. The molecule has 2 aromatic rings. The Bertz CT molecular complexity index is 1160. The lowest BCUT2D eigenvalue weighted by Gasteiger charge is -2.36. The number of esters is 1. The van der Waals surface area contributed by atoms with Crippen molar-refractivity contribution >= 4 is 23.4 Å². The van der Waals surface area contributed by atoms with Gasteiger partial charge in [0.25, 0.3) is 0 Å². The van der Waals surface area contributed by atoms with Crippen molar-refractivity contribution in [3.8, 4) is 0 Å². The quantitative estimate of drug-likeness (QED) is 0.421. The Kier molecular flexibility index (Phi) is 7.49. The van der Waals surface area contributed by atoms with Crippen molar-refractivity contribution in [2.75, 3.05) is 19.8 Å². The average molecular weight is 484 g/mol. The number of carbonyl (C=O) groups is 2. The number of nitrogens with one attached hydrogen (secondary N) is 1. The molecule has 4 rings (SSSR count). The smallest absolute Gasteiger partial charge is 0.336 e. The van der Waals surface area contributed by atoms with Gasteiger partial charge in [-0.1, -0.05) is 41.9 Å². The van der Waals surface area contributed by atoms with Crippen molar-refractivity contribution < 1.29 is 23.5 Å². The van der Waals surface area contributed by atoms with Crippen LogP contribution in [0.3, 0.4) is 0 Å². The summed E-state index contributed by atoms with van der Waals surface area (Å²) in [6.07, 6.45) is 0.830. The summed E-state index contributed by atoms with van der Waals surface area (Å²) in [6, 6.07) is 13.7. The topological polar surface area (TPSA) is 64.6 Å². The molecule has 0 unspecified atom stereocenters. The molecule has 0 aromatic heterocycles. The van der Waals surface area contributed by atoms with Gasteiger partial charge in [0.15, 0.2) is 5.78 Å². The molecule has 2 aromatic carbocycles. The van der Waals surface area contributed by atoms with Gasteiger partial charge in [0.1, 0.15) is 12.4 Å². The molecule has 0 radical (unpaired) electrons. The highest BCUT2D eigenvalue weighted by Crippen LogP contribution is 2.46. The van der Waals surface area contributed by atoms with Gasteiger partial charge in [0, 0.05) is 40.6 Å². The number of rotatable bonds is 7. The van der Waals surface area contributed by atoms with Crippen LogP contribution in [0.4, 0.5) is 4.39 Å². The molecule has 0 fully saturated rings. The van der Waals surface area contributed by atoms with E-state index in [9.17, 15) is 14.0 Å². The molecule has 7 heteroatoms. The van der Waals surface area contributed by atoms with Gasteiger partial charge in [0.05, 0.1) is 18.1 Å². The molecular weight excluding hydrogens is 457 g/mol. The molecule has 0 spiro atoms. The Hall–Kier alpha value is -2.96. The zero-order chi connectivity index (χ0) is 24.2. The third-order valence-corrected chi connectivity index (χ3v) is 6.52. The van der Waals surface area contributed by atoms with E-state index >= 15 is 0 Å². The van der Waals surface area contributed by atoms with Crippen LogP contribution < -0.4 is 5.32 Å². The van der Waals surface area contributed by atoms with Crippen molar-refractivity contribution in [3.63, 3.8) is 0 Å². The van der Waals surface area contributed by atoms with Crippen LogP contribution in [-0.4, -0.2) is 31.6 Å². The second kappa shape index (κ2) is 10.5. The Morgan fingerprint density at radius 2 is 1.85 bits per heavy atom. The minimum atomic E-state index is -0.837. The van der Waals surface area contributed by atoms with Crippen LogP contribution in [0.5, 0.6) is 0 Å². The van der Waals surface area contributed by atoms with E-state index in [0.717, 1.165) is 5.56 Å². The summed E-state index contributed by atoms with van der Waals surface area (Å²) >= 11 is 6.03. The minimum Gasteiger partial charge on any atom is -0.460 e. The third-order valence-electron chi connectivity index (χ3n) is 6.27. The Morgan fingerprint density at radius 1 is 1.12 bits per heavy atom. The van der Waals surface area contributed by atoms with E-state index in [1.54, 1.807) is 25.1 Å². The van der Waals surface area contributed by atoms with Crippen LogP contribution >= 0.6 is 11.6 Å². The summed E-state index contributed by atoms with van der Waals surface area (Å²) in [5.41, 5.74) is 3.24. The van der Waals surface area contributed by atoms with Crippen molar-refractivity contribution in [2.45, 2.75) is 38.5 Å². The molecule has 34 heavy (non-hydrogen) atoms. The van der Waals surface area contributed by atoms with E-state index in [1.165, 1.54) is 6.07 Å². The number of carbonyl (C=O) groups excluding carboxylic acids is 2. The number of Topliss-reactive ketones (excluding diaryl/α,β-unsaturated/α-hetero) is 1. The maximum atomic E-state index is 15.0. The van der Waals surface area contributed by atoms with E-state index in [1.807, 2.05) is 31.2 Å². The zero-order valence-corrected chi connectivity index (χ0v) is 20.0. The SMILES string of the molecule is CCOCCOC(=O)C1=C(C)NC2=C(C(=O)C[C@H](c3ccc(Cl)cc3)C2)[C@@H]1c1ccccc1F. The molecule has 1 heterocycles. The van der Waals surface area contributed by atoms with Crippen LogP contribution in [0, 0.1) is 5.82 Å². The lowest BCUT2D eigenvalue weighted by Crippen LogP contribution is -2.36. The van der Waals surface area contributed by atoms with Gasteiger partial charge in [-0.05, 0) is 49.9 Å². The predicted molar refractivity (Wildman–Crippen MR) is 128 cm³/mol. The maximum absolute atomic E-state index is 15.0. The summed E-state index contributed by atoms with van der Waals surface area (Å²) in [4.78, 5) is 26.6. The summed E-state index contributed by atoms with van der Waals surface area (Å²) in [5, 5.41) is 3.90. The number of ketones is 1. The Morgan fingerprint density at radius 3 is 2.56 bits per heavy atom. The molecule has 0 amide bonds. The number of dihydropyridines is 1. The maximum Gasteiger partial charge on any atom is 0.336 e. The summed E-state index contributed by atoms with van der Waals surface area (Å²) in [6.45, 7) is 4.47. The first-order valence-corrected chi connectivity index (χ1v) is 11.8. The van der Waals surface area contributed by atoms with Gasteiger partial charge in [-0.15, -0.1) is 0 Å². The molecular formula is C27H27ClFNO4. The van der Waals surface area contributed by atoms with Gasteiger partial charge in [-0.2, -0.15) is 0 Å². The van der Waals surface area contributed by atoms with Crippen LogP contribution in [0.1, 0.15) is 49.7 Å². The third kappa shape index (κ3) is 4.93. The summed E-state index contributed by atoms with van der Waals surface area (Å²) in [5.74, 6) is -2.05. The largest absolute Gasteiger partial charge is 0.460 e. The molecule has 178 valence electrons. The van der Waals surface area contributed by atoms with E-state index in [-0.39, 0.29) is 42.5 Å². The van der Waals surface area contributed by atoms with Gasteiger partial charge < -0.3 is 14.8 Å². The van der Waals surface area contributed by atoms with Crippen LogP contribution in [0.25, 0.3) is 0 Å². The fourth-order valence-corrected chi connectivity index (χ4v) is 4.84. The average Bonchev–Trinajstić information content (AvgIpc) is 2.81. The van der Waals surface area contributed by atoms with Crippen molar-refractivity contribution in [2.24, 2.45) is 0 Å². The molecule has 2 atom stereocenters. The van der Waals surface area contributed by atoms with E-state index in [0.29, 0.717) is 35.0 Å². The van der Waals surface area contributed by atoms with E-state index < -0.39 is 17.7 Å². The van der Waals surface area contributed by atoms with Crippen molar-refractivity contribution in [3.05, 3.63) is 93.0 Å². The molecule has 5 nitrogen and oxygen atoms in total. The Labute approximate surface area is 203 Å². The monoisotopic (exact) mass is 483 g/mol. The van der Waals surface area contributed by atoms with Crippen molar-refractivity contribution in [1.29, 1.82) is 0 Å². The first kappa shape index (κ1) is 24.2. The normalized spacial score (nSPS) is 20.2. The zero-order valence-electron chi connectivity index (χ0n) is 19.2. The predicted octanol–water partition coefficient (Wildman–Crippen LogP) is 5.42. The Balaban J connectivity index is 1.72. The second-order valence-electron chi connectivity index (χ2n) is 8.42. The number of benzene rings is 2. The number of ether oxygens (including phenoxy) is 2. The molecule has 1 aliphatic heterocycles. The van der Waals surface area contributed by atoms with E-state index in [2.05, 4.69) is 5.32 Å². The van der Waals surface area contributed by atoms with Gasteiger partial charge in [-0.25, -0.2) is 9.18 Å². The lowest BCUT2D eigenvalue weighted by molar-refractivity contribution is -0.140. The van der Waals surface area contributed by atoms with Gasteiger partial charge in [-0.3, -0.25) is 4.79 Å². The fourth-order valence-electron chi connectivity index (χ4n) is 4.72. The number of hydrogen-bond donors (Lipinski definition) is 1. The lowest BCUT2D eigenvalue weighted by atomic mass is 9.71. The van der Waals surface area contributed by atoms with Crippen molar-refractivity contribution in [1.82, 2.24) is 5.32 Å². The minimum absolute atomic E-state index is 0.0372. The highest BCUT2D eigenvalue weighted by molar-refractivity contribution is 6.30. The first-order chi connectivity index (χ1) is 16.4. The highest BCUT2D eigenvalue weighted by Gasteiger charge is 2.42. The second-order valence-corrected chi connectivity index (χ2v) is 8.86. The molecule has 0 bridgehead atoms. The summed E-state index contributed by atoms with van der Waals surface area (Å²) < 4.78 is 25.7. The number of allylic oxidation sites excluding steroid dienone is 3. The molecule has 0 saturated heterocycles. The number of hydrogen-bond acceptors (Lipinski definition) is 5. The molecule has 2 aliphatic rings. The van der Waals surface area contributed by atoms with Crippen LogP contribution in [0.2, 0.25) is 5.02 Å². The van der Waals surface area contributed by atoms with E-state index in [4.69, 9.17) is 21.1 Å². The molecule has 1 aliphatic carbocycles. The van der Waals surface area contributed by atoms with Gasteiger partial charge >= 0.3 is 5.97 Å². The molecule has 1 N–H and O–H groups in total.